The van der Waals surface area contributed by atoms with E-state index in [0.29, 0.717) is 37.8 Å². The summed E-state index contributed by atoms with van der Waals surface area (Å²) in [5.41, 5.74) is 1.24. The van der Waals surface area contributed by atoms with E-state index < -0.39 is 6.10 Å². The molecule has 1 atom stereocenters. The first kappa shape index (κ1) is 20.2. The van der Waals surface area contributed by atoms with Gasteiger partial charge in [0.05, 0.1) is 0 Å². The number of hydrogen-bond donors (Lipinski definition) is 0. The van der Waals surface area contributed by atoms with E-state index in [1.165, 1.54) is 12.7 Å². The van der Waals surface area contributed by atoms with Crippen molar-refractivity contribution in [2.45, 2.75) is 39.2 Å². The monoisotopic (exact) mass is 362 g/mol. The molecule has 0 spiro atoms. The molecule has 0 aliphatic carbocycles. The number of methoxy groups -OCH3 is 1. The van der Waals surface area contributed by atoms with Gasteiger partial charge in [-0.3, -0.25) is 9.59 Å². The van der Waals surface area contributed by atoms with Gasteiger partial charge in [0.2, 0.25) is 5.91 Å². The summed E-state index contributed by atoms with van der Waals surface area (Å²) in [5, 5.41) is 0. The molecule has 2 rings (SSSR count). The molecular formula is C20H30N2O4. The van der Waals surface area contributed by atoms with Crippen LogP contribution >= 0.6 is 0 Å². The smallest absolute Gasteiger partial charge is 0.263 e. The Balaban J connectivity index is 1.90. The highest BCUT2D eigenvalue weighted by Crippen LogP contribution is 2.20. The molecule has 0 radical (unpaired) electrons. The third kappa shape index (κ3) is 5.46. The summed E-state index contributed by atoms with van der Waals surface area (Å²) in [6.07, 6.45) is 0.206. The second-order valence-corrected chi connectivity index (χ2v) is 6.98. The number of benzene rings is 1. The number of carbonyl (C=O) groups excluding carboxylic acids is 2. The highest BCUT2D eigenvalue weighted by atomic mass is 16.5. The molecule has 1 fully saturated rings. The third-order valence-corrected chi connectivity index (χ3v) is 4.64. The van der Waals surface area contributed by atoms with Crippen LogP contribution in [0.1, 0.15) is 38.7 Å². The minimum Gasteiger partial charge on any atom is -0.481 e. The Morgan fingerprint density at radius 2 is 1.62 bits per heavy atom. The van der Waals surface area contributed by atoms with Crippen LogP contribution in [0, 0.1) is 0 Å². The number of nitrogens with zero attached hydrogens (tertiary/aromatic N) is 2. The second kappa shape index (κ2) is 9.57. The van der Waals surface area contributed by atoms with E-state index in [0.717, 1.165) is 6.42 Å². The van der Waals surface area contributed by atoms with Crippen molar-refractivity contribution in [3.63, 3.8) is 0 Å². The molecule has 0 N–H and O–H groups in total. The molecule has 0 aromatic heterocycles. The SMILES string of the molecule is COCC(=O)N1CCCN(C(=O)C(C)Oc2ccc(C(C)C)cc2)CC1. The average molecular weight is 362 g/mol. The van der Waals surface area contributed by atoms with Gasteiger partial charge in [0.25, 0.3) is 5.91 Å². The molecule has 1 heterocycles. The van der Waals surface area contributed by atoms with Crippen molar-refractivity contribution in [1.82, 2.24) is 9.80 Å². The lowest BCUT2D eigenvalue weighted by Crippen LogP contribution is -2.43. The van der Waals surface area contributed by atoms with E-state index >= 15 is 0 Å². The van der Waals surface area contributed by atoms with E-state index in [4.69, 9.17) is 9.47 Å². The van der Waals surface area contributed by atoms with Crippen molar-refractivity contribution in [2.75, 3.05) is 39.9 Å². The van der Waals surface area contributed by atoms with Gasteiger partial charge in [0, 0.05) is 33.3 Å². The number of rotatable bonds is 6. The van der Waals surface area contributed by atoms with Crippen LogP contribution in [0.3, 0.4) is 0 Å². The Kier molecular flexibility index (Phi) is 7.45. The maximum Gasteiger partial charge on any atom is 0.263 e. The van der Waals surface area contributed by atoms with E-state index in [1.54, 1.807) is 16.7 Å². The predicted molar refractivity (Wildman–Crippen MR) is 100 cm³/mol. The Morgan fingerprint density at radius 1 is 1.00 bits per heavy atom. The van der Waals surface area contributed by atoms with Crippen LogP contribution in [0.25, 0.3) is 0 Å². The van der Waals surface area contributed by atoms with E-state index in [1.807, 2.05) is 24.3 Å². The lowest BCUT2D eigenvalue weighted by Gasteiger charge is -2.25. The number of hydrogen-bond acceptors (Lipinski definition) is 4. The maximum atomic E-state index is 12.7. The van der Waals surface area contributed by atoms with Gasteiger partial charge in [0.1, 0.15) is 12.4 Å². The van der Waals surface area contributed by atoms with Crippen molar-refractivity contribution >= 4 is 11.8 Å². The Hall–Kier alpha value is -2.08. The van der Waals surface area contributed by atoms with Crippen LogP contribution in [0.2, 0.25) is 0 Å². The lowest BCUT2D eigenvalue weighted by molar-refractivity contribution is -0.139. The van der Waals surface area contributed by atoms with Crippen LogP contribution in [-0.2, 0) is 14.3 Å². The quantitative estimate of drug-likeness (QED) is 0.779. The van der Waals surface area contributed by atoms with Crippen molar-refractivity contribution in [1.29, 1.82) is 0 Å². The molecule has 1 aromatic carbocycles. The molecule has 1 aliphatic heterocycles. The zero-order valence-corrected chi connectivity index (χ0v) is 16.2. The van der Waals surface area contributed by atoms with Crippen LogP contribution in [0.5, 0.6) is 5.75 Å². The average Bonchev–Trinajstić information content (AvgIpc) is 2.88. The van der Waals surface area contributed by atoms with Crippen LogP contribution in [-0.4, -0.2) is 67.6 Å². The molecule has 1 aliphatic rings. The van der Waals surface area contributed by atoms with Crippen LogP contribution in [0.15, 0.2) is 24.3 Å². The van der Waals surface area contributed by atoms with Gasteiger partial charge in [0.15, 0.2) is 6.10 Å². The lowest BCUT2D eigenvalue weighted by atomic mass is 10.0. The molecule has 0 bridgehead atoms. The fourth-order valence-corrected chi connectivity index (χ4v) is 3.04. The molecule has 1 saturated heterocycles. The zero-order chi connectivity index (χ0) is 19.1. The second-order valence-electron chi connectivity index (χ2n) is 6.98. The van der Waals surface area contributed by atoms with Gasteiger partial charge in [-0.1, -0.05) is 26.0 Å². The van der Waals surface area contributed by atoms with Gasteiger partial charge >= 0.3 is 0 Å². The van der Waals surface area contributed by atoms with Gasteiger partial charge in [-0.2, -0.15) is 0 Å². The Morgan fingerprint density at radius 3 is 2.23 bits per heavy atom. The number of carbonyl (C=O) groups is 2. The normalized spacial score (nSPS) is 16.3. The minimum atomic E-state index is -0.555. The highest BCUT2D eigenvalue weighted by Gasteiger charge is 2.26. The highest BCUT2D eigenvalue weighted by molar-refractivity contribution is 5.81. The summed E-state index contributed by atoms with van der Waals surface area (Å²) < 4.78 is 10.7. The molecule has 1 unspecified atom stereocenters. The van der Waals surface area contributed by atoms with Gasteiger partial charge in [-0.25, -0.2) is 0 Å². The molecule has 144 valence electrons. The topological polar surface area (TPSA) is 59.1 Å². The largest absolute Gasteiger partial charge is 0.481 e. The molecule has 26 heavy (non-hydrogen) atoms. The summed E-state index contributed by atoms with van der Waals surface area (Å²) in [7, 11) is 1.51. The van der Waals surface area contributed by atoms with Crippen molar-refractivity contribution in [2.24, 2.45) is 0 Å². The van der Waals surface area contributed by atoms with Crippen molar-refractivity contribution in [3.05, 3.63) is 29.8 Å². The van der Waals surface area contributed by atoms with Crippen LogP contribution < -0.4 is 4.74 Å². The summed E-state index contributed by atoms with van der Waals surface area (Å²) in [6, 6.07) is 7.88. The first-order valence-electron chi connectivity index (χ1n) is 9.24. The predicted octanol–water partition coefficient (Wildman–Crippen LogP) is 2.28. The molecular weight excluding hydrogens is 332 g/mol. The van der Waals surface area contributed by atoms with Crippen molar-refractivity contribution in [3.8, 4) is 5.75 Å². The first-order chi connectivity index (χ1) is 12.4. The number of amides is 2. The standard InChI is InChI=1S/C20H30N2O4/c1-15(2)17-6-8-18(9-7-17)26-16(3)20(24)22-11-5-10-21(12-13-22)19(23)14-25-4/h6-9,15-16H,5,10-14H2,1-4H3. The molecule has 6 heteroatoms. The Bertz CT molecular complexity index is 600. The zero-order valence-electron chi connectivity index (χ0n) is 16.2. The van der Waals surface area contributed by atoms with Gasteiger partial charge in [-0.15, -0.1) is 0 Å². The number of ether oxygens (including phenoxy) is 2. The fraction of sp³-hybridized carbons (Fsp3) is 0.600. The summed E-state index contributed by atoms with van der Waals surface area (Å²) in [4.78, 5) is 28.2. The van der Waals surface area contributed by atoms with Crippen molar-refractivity contribution < 1.29 is 19.1 Å². The molecule has 6 nitrogen and oxygen atoms in total. The van der Waals surface area contributed by atoms with Gasteiger partial charge in [-0.05, 0) is 37.0 Å². The Labute approximate surface area is 156 Å². The summed E-state index contributed by atoms with van der Waals surface area (Å²) >= 11 is 0. The molecule has 2 amide bonds. The van der Waals surface area contributed by atoms with E-state index in [2.05, 4.69) is 13.8 Å². The fourth-order valence-electron chi connectivity index (χ4n) is 3.04. The summed E-state index contributed by atoms with van der Waals surface area (Å²) in [6.45, 7) is 8.48. The molecule has 0 saturated carbocycles. The molecule has 1 aromatic rings. The maximum absolute atomic E-state index is 12.7. The van der Waals surface area contributed by atoms with E-state index in [9.17, 15) is 9.59 Å². The van der Waals surface area contributed by atoms with Gasteiger partial charge < -0.3 is 19.3 Å². The van der Waals surface area contributed by atoms with E-state index in [-0.39, 0.29) is 18.4 Å². The minimum absolute atomic E-state index is 0.0312. The van der Waals surface area contributed by atoms with Crippen LogP contribution in [0.4, 0.5) is 0 Å². The first-order valence-corrected chi connectivity index (χ1v) is 9.24. The summed E-state index contributed by atoms with van der Waals surface area (Å²) in [5.74, 6) is 1.08. The third-order valence-electron chi connectivity index (χ3n) is 4.64.